The van der Waals surface area contributed by atoms with Gasteiger partial charge >= 0.3 is 0 Å². The fourth-order valence-electron chi connectivity index (χ4n) is 4.11. The van der Waals surface area contributed by atoms with E-state index in [2.05, 4.69) is 22.0 Å². The van der Waals surface area contributed by atoms with Crippen LogP contribution in [-0.2, 0) is 6.42 Å². The van der Waals surface area contributed by atoms with Crippen LogP contribution >= 0.6 is 24.0 Å². The Morgan fingerprint density at radius 3 is 2.68 bits per heavy atom. The summed E-state index contributed by atoms with van der Waals surface area (Å²) < 4.78 is 26.8. The van der Waals surface area contributed by atoms with Gasteiger partial charge < -0.3 is 15.1 Å². The first-order valence-corrected chi connectivity index (χ1v) is 10.3. The SMILES string of the molecule is CCNC(=NCCc1ccc(F)cc1F)N1CCC(CN2CCCCC2)C1.I. The highest BCUT2D eigenvalue weighted by atomic mass is 127. The number of nitrogens with zero attached hydrogens (tertiary/aromatic N) is 3. The van der Waals surface area contributed by atoms with Crippen LogP contribution in [0.2, 0.25) is 0 Å². The molecule has 4 nitrogen and oxygen atoms in total. The third-order valence-electron chi connectivity index (χ3n) is 5.54. The molecule has 2 saturated heterocycles. The summed E-state index contributed by atoms with van der Waals surface area (Å²) in [6.07, 6.45) is 5.72. The summed E-state index contributed by atoms with van der Waals surface area (Å²) in [5.74, 6) is 0.588. The van der Waals surface area contributed by atoms with Crippen molar-refractivity contribution in [1.29, 1.82) is 0 Å². The molecule has 0 aromatic heterocycles. The van der Waals surface area contributed by atoms with E-state index in [4.69, 9.17) is 4.99 Å². The minimum atomic E-state index is -0.537. The Morgan fingerprint density at radius 2 is 1.96 bits per heavy atom. The minimum Gasteiger partial charge on any atom is -0.357 e. The molecule has 0 bridgehead atoms. The van der Waals surface area contributed by atoms with Gasteiger partial charge in [0, 0.05) is 38.8 Å². The van der Waals surface area contributed by atoms with Crippen molar-refractivity contribution in [3.63, 3.8) is 0 Å². The zero-order valence-corrected chi connectivity index (χ0v) is 19.1. The van der Waals surface area contributed by atoms with Gasteiger partial charge in [0.25, 0.3) is 0 Å². The van der Waals surface area contributed by atoms with Gasteiger partial charge in [-0.25, -0.2) is 8.78 Å². The second kappa shape index (κ2) is 11.9. The molecule has 2 fully saturated rings. The van der Waals surface area contributed by atoms with Crippen molar-refractivity contribution < 1.29 is 8.78 Å². The van der Waals surface area contributed by atoms with Crippen LogP contribution in [0.15, 0.2) is 23.2 Å². The van der Waals surface area contributed by atoms with E-state index in [1.54, 1.807) is 0 Å². The Labute approximate surface area is 184 Å². The zero-order chi connectivity index (χ0) is 19.1. The first-order chi connectivity index (χ1) is 13.2. The number of nitrogens with one attached hydrogen (secondary N) is 1. The Balaban J connectivity index is 0.00000280. The monoisotopic (exact) mass is 506 g/mol. The Morgan fingerprint density at radius 1 is 1.18 bits per heavy atom. The Hall–Kier alpha value is -0.960. The molecule has 1 N–H and O–H groups in total. The van der Waals surface area contributed by atoms with E-state index in [0.29, 0.717) is 24.4 Å². The van der Waals surface area contributed by atoms with Crippen LogP contribution in [0.4, 0.5) is 8.78 Å². The van der Waals surface area contributed by atoms with Crippen molar-refractivity contribution in [3.05, 3.63) is 35.4 Å². The molecule has 2 aliphatic rings. The molecule has 158 valence electrons. The van der Waals surface area contributed by atoms with Crippen LogP contribution in [0.3, 0.4) is 0 Å². The smallest absolute Gasteiger partial charge is 0.193 e. The molecule has 1 aromatic rings. The van der Waals surface area contributed by atoms with Gasteiger partial charge in [0.15, 0.2) is 5.96 Å². The number of hydrogen-bond donors (Lipinski definition) is 1. The minimum absolute atomic E-state index is 0. The van der Waals surface area contributed by atoms with Crippen molar-refractivity contribution in [3.8, 4) is 0 Å². The van der Waals surface area contributed by atoms with Crippen LogP contribution in [0.1, 0.15) is 38.2 Å². The number of halogens is 3. The van der Waals surface area contributed by atoms with Crippen LogP contribution in [0, 0.1) is 17.6 Å². The third kappa shape index (κ3) is 6.83. The molecule has 0 aliphatic carbocycles. The van der Waals surface area contributed by atoms with E-state index in [9.17, 15) is 8.78 Å². The van der Waals surface area contributed by atoms with Crippen molar-refractivity contribution in [2.75, 3.05) is 45.8 Å². The van der Waals surface area contributed by atoms with Crippen LogP contribution in [0.5, 0.6) is 0 Å². The van der Waals surface area contributed by atoms with E-state index < -0.39 is 11.6 Å². The summed E-state index contributed by atoms with van der Waals surface area (Å²) in [5.41, 5.74) is 0.514. The zero-order valence-electron chi connectivity index (χ0n) is 16.8. The van der Waals surface area contributed by atoms with Crippen molar-refractivity contribution in [1.82, 2.24) is 15.1 Å². The van der Waals surface area contributed by atoms with Crippen molar-refractivity contribution in [2.24, 2.45) is 10.9 Å². The molecular formula is C21H33F2IN4. The standard InChI is InChI=1S/C21H32F2N4.HI/c1-2-24-21(25-10-8-18-6-7-19(22)14-20(18)23)27-13-9-17(16-27)15-26-11-4-3-5-12-26;/h6-7,14,17H,2-5,8-13,15-16H2,1H3,(H,24,25);1H. The number of rotatable bonds is 6. The van der Waals surface area contributed by atoms with E-state index in [1.807, 2.05) is 0 Å². The molecule has 3 rings (SSSR count). The number of benzene rings is 1. The second-order valence-corrected chi connectivity index (χ2v) is 7.68. The predicted octanol–water partition coefficient (Wildman–Crippen LogP) is 3.90. The maximum Gasteiger partial charge on any atom is 0.193 e. The molecule has 28 heavy (non-hydrogen) atoms. The average Bonchev–Trinajstić information content (AvgIpc) is 3.12. The summed E-state index contributed by atoms with van der Waals surface area (Å²) in [4.78, 5) is 9.64. The molecule has 1 atom stereocenters. The summed E-state index contributed by atoms with van der Waals surface area (Å²) in [6.45, 7) is 9.12. The van der Waals surface area contributed by atoms with Crippen LogP contribution in [0.25, 0.3) is 0 Å². The second-order valence-electron chi connectivity index (χ2n) is 7.68. The van der Waals surface area contributed by atoms with Gasteiger partial charge in [0.2, 0.25) is 0 Å². The molecule has 7 heteroatoms. The fraction of sp³-hybridized carbons (Fsp3) is 0.667. The average molecular weight is 506 g/mol. The summed E-state index contributed by atoms with van der Waals surface area (Å²) in [6, 6.07) is 3.76. The number of likely N-dealkylation sites (tertiary alicyclic amines) is 2. The maximum absolute atomic E-state index is 13.8. The van der Waals surface area contributed by atoms with Gasteiger partial charge in [-0.1, -0.05) is 12.5 Å². The van der Waals surface area contributed by atoms with E-state index >= 15 is 0 Å². The van der Waals surface area contributed by atoms with Crippen LogP contribution < -0.4 is 5.32 Å². The maximum atomic E-state index is 13.8. The Kier molecular flexibility index (Phi) is 9.91. The lowest BCUT2D eigenvalue weighted by Gasteiger charge is -2.29. The molecule has 2 heterocycles. The van der Waals surface area contributed by atoms with Gasteiger partial charge in [-0.15, -0.1) is 24.0 Å². The lowest BCUT2D eigenvalue weighted by Crippen LogP contribution is -2.41. The highest BCUT2D eigenvalue weighted by Gasteiger charge is 2.26. The molecule has 1 aromatic carbocycles. The molecule has 1 unspecified atom stereocenters. The quantitative estimate of drug-likeness (QED) is 0.361. The Bertz CT molecular complexity index is 635. The highest BCUT2D eigenvalue weighted by molar-refractivity contribution is 14.0. The normalized spacial score (nSPS) is 20.9. The summed E-state index contributed by atoms with van der Waals surface area (Å²) in [5, 5.41) is 3.37. The predicted molar refractivity (Wildman–Crippen MR) is 121 cm³/mol. The lowest BCUT2D eigenvalue weighted by molar-refractivity contribution is 0.198. The number of guanidine groups is 1. The summed E-state index contributed by atoms with van der Waals surface area (Å²) in [7, 11) is 0. The number of piperidine rings is 1. The molecule has 0 spiro atoms. The molecule has 0 radical (unpaired) electrons. The number of hydrogen-bond acceptors (Lipinski definition) is 2. The van der Waals surface area contributed by atoms with Crippen molar-refractivity contribution in [2.45, 2.75) is 39.0 Å². The largest absolute Gasteiger partial charge is 0.357 e. The fourth-order valence-corrected chi connectivity index (χ4v) is 4.11. The molecule has 0 amide bonds. The van der Waals surface area contributed by atoms with Gasteiger partial charge in [-0.05, 0) is 63.2 Å². The summed E-state index contributed by atoms with van der Waals surface area (Å²) >= 11 is 0. The first kappa shape index (κ1) is 23.3. The third-order valence-corrected chi connectivity index (χ3v) is 5.54. The molecular weight excluding hydrogens is 473 g/mol. The van der Waals surface area contributed by atoms with E-state index in [0.717, 1.165) is 31.7 Å². The van der Waals surface area contributed by atoms with Gasteiger partial charge in [0.1, 0.15) is 11.6 Å². The van der Waals surface area contributed by atoms with Gasteiger partial charge in [-0.3, -0.25) is 4.99 Å². The topological polar surface area (TPSA) is 30.9 Å². The van der Waals surface area contributed by atoms with E-state index in [1.165, 1.54) is 57.5 Å². The first-order valence-electron chi connectivity index (χ1n) is 10.3. The molecule has 2 aliphatic heterocycles. The number of aliphatic imine (C=N–C) groups is 1. The van der Waals surface area contributed by atoms with Gasteiger partial charge in [-0.2, -0.15) is 0 Å². The highest BCUT2D eigenvalue weighted by Crippen LogP contribution is 2.20. The van der Waals surface area contributed by atoms with Gasteiger partial charge in [0.05, 0.1) is 0 Å². The lowest BCUT2D eigenvalue weighted by atomic mass is 10.1. The van der Waals surface area contributed by atoms with Crippen molar-refractivity contribution >= 4 is 29.9 Å². The molecule has 0 saturated carbocycles. The van der Waals surface area contributed by atoms with Crippen LogP contribution in [-0.4, -0.2) is 61.6 Å². The van der Waals surface area contributed by atoms with E-state index in [-0.39, 0.29) is 24.0 Å².